The van der Waals surface area contributed by atoms with Gasteiger partial charge in [0.05, 0.1) is 6.10 Å². The number of aromatic amines is 1. The molecular formula is C10H15NO. The van der Waals surface area contributed by atoms with Gasteiger partial charge in [0.25, 0.3) is 0 Å². The van der Waals surface area contributed by atoms with Crippen molar-refractivity contribution in [3.05, 3.63) is 24.0 Å². The predicted octanol–water partition coefficient (Wildman–Crippen LogP) is 2.09. The molecule has 2 heteroatoms. The van der Waals surface area contributed by atoms with E-state index >= 15 is 0 Å². The highest BCUT2D eigenvalue weighted by atomic mass is 16.3. The molecule has 12 heavy (non-hydrogen) atoms. The lowest BCUT2D eigenvalue weighted by Crippen LogP contribution is -2.11. The van der Waals surface area contributed by atoms with Gasteiger partial charge in [0.2, 0.25) is 0 Å². The van der Waals surface area contributed by atoms with E-state index in [9.17, 15) is 5.11 Å². The van der Waals surface area contributed by atoms with Crippen molar-refractivity contribution < 1.29 is 5.11 Å². The van der Waals surface area contributed by atoms with E-state index in [0.29, 0.717) is 5.92 Å². The molecule has 2 nitrogen and oxygen atoms in total. The van der Waals surface area contributed by atoms with Crippen molar-refractivity contribution >= 4 is 0 Å². The summed E-state index contributed by atoms with van der Waals surface area (Å²) in [5, 5.41) is 9.86. The van der Waals surface area contributed by atoms with Crippen molar-refractivity contribution in [2.75, 3.05) is 0 Å². The second kappa shape index (κ2) is 2.94. The van der Waals surface area contributed by atoms with Gasteiger partial charge < -0.3 is 10.1 Å². The van der Waals surface area contributed by atoms with Crippen molar-refractivity contribution in [1.82, 2.24) is 4.98 Å². The minimum atomic E-state index is -0.299. The van der Waals surface area contributed by atoms with Gasteiger partial charge in [-0.15, -0.1) is 0 Å². The molecule has 0 bridgehead atoms. The van der Waals surface area contributed by atoms with E-state index in [-0.39, 0.29) is 6.10 Å². The van der Waals surface area contributed by atoms with E-state index in [0.717, 1.165) is 11.6 Å². The Bertz CT molecular complexity index is 238. The van der Waals surface area contributed by atoms with Crippen LogP contribution in [0.5, 0.6) is 0 Å². The topological polar surface area (TPSA) is 36.0 Å². The maximum absolute atomic E-state index is 9.86. The normalized spacial score (nSPS) is 22.2. The number of hydrogen-bond acceptors (Lipinski definition) is 1. The molecule has 0 radical (unpaired) electrons. The average molecular weight is 165 g/mol. The quantitative estimate of drug-likeness (QED) is 0.707. The number of aliphatic hydroxyl groups excluding tert-OH is 1. The SMILES string of the molecule is CC(C1CC1)C(O)c1ccc[nH]1. The summed E-state index contributed by atoms with van der Waals surface area (Å²) in [4.78, 5) is 3.05. The molecule has 0 spiro atoms. The summed E-state index contributed by atoms with van der Waals surface area (Å²) < 4.78 is 0. The highest BCUT2D eigenvalue weighted by Crippen LogP contribution is 2.42. The second-order valence-electron chi connectivity index (χ2n) is 3.77. The van der Waals surface area contributed by atoms with Crippen LogP contribution in [-0.4, -0.2) is 10.1 Å². The molecule has 1 aliphatic carbocycles. The number of hydrogen-bond donors (Lipinski definition) is 2. The third kappa shape index (κ3) is 1.39. The van der Waals surface area contributed by atoms with Crippen LogP contribution in [0.25, 0.3) is 0 Å². The van der Waals surface area contributed by atoms with Crippen LogP contribution in [0.15, 0.2) is 18.3 Å². The first-order valence-corrected chi connectivity index (χ1v) is 4.60. The van der Waals surface area contributed by atoms with E-state index < -0.39 is 0 Å². The molecule has 1 fully saturated rings. The minimum Gasteiger partial charge on any atom is -0.387 e. The standard InChI is InChI=1S/C10H15NO/c1-7(8-4-5-8)10(12)9-3-2-6-11-9/h2-3,6-8,10-12H,4-5H2,1H3. The fourth-order valence-corrected chi connectivity index (χ4v) is 1.69. The first-order valence-electron chi connectivity index (χ1n) is 4.60. The summed E-state index contributed by atoms with van der Waals surface area (Å²) >= 11 is 0. The molecule has 0 aromatic carbocycles. The van der Waals surface area contributed by atoms with Crippen molar-refractivity contribution in [1.29, 1.82) is 0 Å². The number of aromatic nitrogens is 1. The molecule has 1 aromatic rings. The number of H-pyrrole nitrogens is 1. The molecule has 2 rings (SSSR count). The van der Waals surface area contributed by atoms with Gasteiger partial charge in [0, 0.05) is 11.9 Å². The van der Waals surface area contributed by atoms with Crippen molar-refractivity contribution in [3.8, 4) is 0 Å². The van der Waals surface area contributed by atoms with E-state index in [1.54, 1.807) is 0 Å². The minimum absolute atomic E-state index is 0.299. The molecule has 0 saturated heterocycles. The molecule has 0 amide bonds. The summed E-state index contributed by atoms with van der Waals surface area (Å²) in [6.45, 7) is 2.13. The number of aliphatic hydroxyl groups is 1. The Morgan fingerprint density at radius 1 is 1.58 bits per heavy atom. The molecule has 2 unspecified atom stereocenters. The van der Waals surface area contributed by atoms with Gasteiger partial charge in [-0.1, -0.05) is 6.92 Å². The summed E-state index contributed by atoms with van der Waals surface area (Å²) in [6, 6.07) is 3.88. The molecule has 1 aromatic heterocycles. The molecule has 2 atom stereocenters. The molecule has 66 valence electrons. The van der Waals surface area contributed by atoms with Gasteiger partial charge in [-0.2, -0.15) is 0 Å². The van der Waals surface area contributed by atoms with Gasteiger partial charge in [-0.3, -0.25) is 0 Å². The Balaban J connectivity index is 2.03. The Morgan fingerprint density at radius 3 is 2.83 bits per heavy atom. The maximum Gasteiger partial charge on any atom is 0.0965 e. The van der Waals surface area contributed by atoms with Crippen molar-refractivity contribution in [2.45, 2.75) is 25.9 Å². The third-order valence-corrected chi connectivity index (χ3v) is 2.80. The Hall–Kier alpha value is -0.760. The second-order valence-corrected chi connectivity index (χ2v) is 3.77. The Kier molecular flexibility index (Phi) is 1.93. The van der Waals surface area contributed by atoms with Gasteiger partial charge in [-0.05, 0) is 36.8 Å². The first-order chi connectivity index (χ1) is 5.79. The van der Waals surface area contributed by atoms with Crippen LogP contribution in [0.4, 0.5) is 0 Å². The lowest BCUT2D eigenvalue weighted by atomic mass is 9.97. The van der Waals surface area contributed by atoms with Crippen LogP contribution >= 0.6 is 0 Å². The monoisotopic (exact) mass is 165 g/mol. The van der Waals surface area contributed by atoms with Gasteiger partial charge in [0.1, 0.15) is 0 Å². The number of rotatable bonds is 3. The summed E-state index contributed by atoms with van der Waals surface area (Å²) in [6.07, 6.45) is 4.14. The molecule has 1 heterocycles. The van der Waals surface area contributed by atoms with Crippen LogP contribution in [0.3, 0.4) is 0 Å². The highest BCUT2D eigenvalue weighted by Gasteiger charge is 2.33. The largest absolute Gasteiger partial charge is 0.387 e. The predicted molar refractivity (Wildman–Crippen MR) is 47.6 cm³/mol. The summed E-state index contributed by atoms with van der Waals surface area (Å²) in [5.41, 5.74) is 0.953. The zero-order valence-electron chi connectivity index (χ0n) is 7.33. The van der Waals surface area contributed by atoms with E-state index in [4.69, 9.17) is 0 Å². The molecular weight excluding hydrogens is 150 g/mol. The lowest BCUT2D eigenvalue weighted by molar-refractivity contribution is 0.102. The zero-order chi connectivity index (χ0) is 8.55. The molecule has 2 N–H and O–H groups in total. The fraction of sp³-hybridized carbons (Fsp3) is 0.600. The van der Waals surface area contributed by atoms with E-state index in [1.165, 1.54) is 12.8 Å². The van der Waals surface area contributed by atoms with Gasteiger partial charge in [-0.25, -0.2) is 0 Å². The Labute approximate surface area is 72.6 Å². The van der Waals surface area contributed by atoms with Crippen LogP contribution in [-0.2, 0) is 0 Å². The smallest absolute Gasteiger partial charge is 0.0965 e. The zero-order valence-corrected chi connectivity index (χ0v) is 7.33. The fourth-order valence-electron chi connectivity index (χ4n) is 1.69. The lowest BCUT2D eigenvalue weighted by Gasteiger charge is -2.16. The Morgan fingerprint density at radius 2 is 2.33 bits per heavy atom. The van der Waals surface area contributed by atoms with Crippen LogP contribution in [0, 0.1) is 11.8 Å². The van der Waals surface area contributed by atoms with Gasteiger partial charge in [0.15, 0.2) is 0 Å². The van der Waals surface area contributed by atoms with E-state index in [1.807, 2.05) is 18.3 Å². The molecule has 1 saturated carbocycles. The van der Waals surface area contributed by atoms with Crippen molar-refractivity contribution in [3.63, 3.8) is 0 Å². The summed E-state index contributed by atoms with van der Waals surface area (Å²) in [5.74, 6) is 1.16. The van der Waals surface area contributed by atoms with Gasteiger partial charge >= 0.3 is 0 Å². The molecule has 0 aliphatic heterocycles. The third-order valence-electron chi connectivity index (χ3n) is 2.80. The average Bonchev–Trinajstić information content (AvgIpc) is 2.79. The summed E-state index contributed by atoms with van der Waals surface area (Å²) in [7, 11) is 0. The van der Waals surface area contributed by atoms with Crippen LogP contribution in [0.2, 0.25) is 0 Å². The van der Waals surface area contributed by atoms with Crippen LogP contribution < -0.4 is 0 Å². The molecule has 1 aliphatic rings. The van der Waals surface area contributed by atoms with Crippen LogP contribution in [0.1, 0.15) is 31.6 Å². The van der Waals surface area contributed by atoms with E-state index in [2.05, 4.69) is 11.9 Å². The number of nitrogens with one attached hydrogen (secondary N) is 1. The first kappa shape index (κ1) is 7.87. The highest BCUT2D eigenvalue weighted by molar-refractivity contribution is 5.08. The maximum atomic E-state index is 9.86. The van der Waals surface area contributed by atoms with Crippen molar-refractivity contribution in [2.24, 2.45) is 11.8 Å².